The average molecular weight is 264 g/mol. The lowest BCUT2D eigenvalue weighted by atomic mass is 10.2. The van der Waals surface area contributed by atoms with Crippen LogP contribution in [-0.4, -0.2) is 13.0 Å². The van der Waals surface area contributed by atoms with Crippen molar-refractivity contribution in [3.8, 4) is 11.5 Å². The first kappa shape index (κ1) is 13.3. The van der Waals surface area contributed by atoms with Gasteiger partial charge in [0.25, 0.3) is 6.43 Å². The highest BCUT2D eigenvalue weighted by atomic mass is 19.3. The third-order valence-electron chi connectivity index (χ3n) is 2.45. The Morgan fingerprint density at radius 3 is 1.95 bits per heavy atom. The molecule has 100 valence electrons. The first-order valence-electron chi connectivity index (χ1n) is 5.92. The van der Waals surface area contributed by atoms with Gasteiger partial charge < -0.3 is 9.47 Å². The Bertz CT molecular complexity index is 483. The number of hydrogen-bond acceptors (Lipinski definition) is 2. The van der Waals surface area contributed by atoms with Crippen molar-refractivity contribution in [3.63, 3.8) is 0 Å². The van der Waals surface area contributed by atoms with Crippen molar-refractivity contribution < 1.29 is 18.3 Å². The van der Waals surface area contributed by atoms with E-state index < -0.39 is 13.0 Å². The summed E-state index contributed by atoms with van der Waals surface area (Å²) < 4.78 is 34.4. The summed E-state index contributed by atoms with van der Waals surface area (Å²) in [6.07, 6.45) is -2.46. The van der Waals surface area contributed by atoms with Gasteiger partial charge in [0.15, 0.2) is 0 Å². The highest BCUT2D eigenvalue weighted by Gasteiger charge is 2.03. The van der Waals surface area contributed by atoms with E-state index >= 15 is 0 Å². The minimum absolute atomic E-state index is 0.410. The van der Waals surface area contributed by atoms with Crippen LogP contribution in [0.1, 0.15) is 5.56 Å². The van der Waals surface area contributed by atoms with Crippen LogP contribution in [0, 0.1) is 0 Å². The van der Waals surface area contributed by atoms with Crippen molar-refractivity contribution in [2.24, 2.45) is 0 Å². The SMILES string of the molecule is FC(F)COc1ccc(OCc2ccccc2)cc1. The summed E-state index contributed by atoms with van der Waals surface area (Å²) in [5.74, 6) is 1.08. The monoisotopic (exact) mass is 264 g/mol. The fourth-order valence-corrected chi connectivity index (χ4v) is 1.53. The fourth-order valence-electron chi connectivity index (χ4n) is 1.53. The second-order valence-electron chi connectivity index (χ2n) is 3.95. The maximum absolute atomic E-state index is 12.0. The van der Waals surface area contributed by atoms with Crippen LogP contribution in [0.25, 0.3) is 0 Å². The standard InChI is InChI=1S/C15H14F2O2/c16-15(17)11-19-14-8-6-13(7-9-14)18-10-12-4-2-1-3-5-12/h1-9,15H,10-11H2. The molecule has 0 aromatic heterocycles. The Morgan fingerprint density at radius 1 is 0.789 bits per heavy atom. The van der Waals surface area contributed by atoms with Crippen molar-refractivity contribution in [2.45, 2.75) is 13.0 Å². The molecule has 0 atom stereocenters. The highest BCUT2D eigenvalue weighted by Crippen LogP contribution is 2.19. The Labute approximate surface area is 110 Å². The number of ether oxygens (including phenoxy) is 2. The van der Waals surface area contributed by atoms with Gasteiger partial charge in [-0.15, -0.1) is 0 Å². The van der Waals surface area contributed by atoms with Crippen LogP contribution in [-0.2, 0) is 6.61 Å². The van der Waals surface area contributed by atoms with Crippen LogP contribution in [0.15, 0.2) is 54.6 Å². The van der Waals surface area contributed by atoms with Crippen molar-refractivity contribution in [1.29, 1.82) is 0 Å². The molecule has 2 aromatic carbocycles. The van der Waals surface area contributed by atoms with Crippen LogP contribution in [0.5, 0.6) is 11.5 Å². The molecular formula is C15H14F2O2. The van der Waals surface area contributed by atoms with Crippen LogP contribution in [0.3, 0.4) is 0 Å². The quantitative estimate of drug-likeness (QED) is 0.787. The highest BCUT2D eigenvalue weighted by molar-refractivity contribution is 5.31. The predicted molar refractivity (Wildman–Crippen MR) is 68.7 cm³/mol. The molecule has 0 spiro atoms. The normalized spacial score (nSPS) is 10.5. The summed E-state index contributed by atoms with van der Waals surface area (Å²) in [6, 6.07) is 16.4. The largest absolute Gasteiger partial charge is 0.489 e. The topological polar surface area (TPSA) is 18.5 Å². The minimum atomic E-state index is -2.46. The average Bonchev–Trinajstić information content (AvgIpc) is 2.45. The molecule has 0 saturated heterocycles. The molecule has 0 amide bonds. The Balaban J connectivity index is 1.85. The van der Waals surface area contributed by atoms with Crippen molar-refractivity contribution in [1.82, 2.24) is 0 Å². The molecular weight excluding hydrogens is 250 g/mol. The smallest absolute Gasteiger partial charge is 0.272 e. The van der Waals surface area contributed by atoms with Gasteiger partial charge in [-0.2, -0.15) is 0 Å². The zero-order chi connectivity index (χ0) is 13.5. The predicted octanol–water partition coefficient (Wildman–Crippen LogP) is 3.91. The van der Waals surface area contributed by atoms with E-state index in [1.165, 1.54) is 0 Å². The molecule has 0 aliphatic heterocycles. The zero-order valence-electron chi connectivity index (χ0n) is 10.3. The lowest BCUT2D eigenvalue weighted by Crippen LogP contribution is -2.06. The lowest BCUT2D eigenvalue weighted by Gasteiger charge is -2.08. The van der Waals surface area contributed by atoms with Gasteiger partial charge >= 0.3 is 0 Å². The molecule has 0 aliphatic rings. The Kier molecular flexibility index (Phi) is 4.72. The summed E-state index contributed by atoms with van der Waals surface area (Å²) in [5, 5.41) is 0. The van der Waals surface area contributed by atoms with Gasteiger partial charge in [0.1, 0.15) is 24.7 Å². The molecule has 0 aliphatic carbocycles. The van der Waals surface area contributed by atoms with E-state index in [9.17, 15) is 8.78 Å². The number of alkyl halides is 2. The van der Waals surface area contributed by atoms with Crippen molar-refractivity contribution in [3.05, 3.63) is 60.2 Å². The Morgan fingerprint density at radius 2 is 1.37 bits per heavy atom. The molecule has 0 heterocycles. The summed E-state index contributed by atoms with van der Waals surface area (Å²) >= 11 is 0. The molecule has 0 saturated carbocycles. The molecule has 2 aromatic rings. The maximum atomic E-state index is 12.0. The molecule has 19 heavy (non-hydrogen) atoms. The van der Waals surface area contributed by atoms with Crippen LogP contribution in [0.2, 0.25) is 0 Å². The molecule has 2 nitrogen and oxygen atoms in total. The van der Waals surface area contributed by atoms with Gasteiger partial charge in [0, 0.05) is 0 Å². The number of benzene rings is 2. The fraction of sp³-hybridized carbons (Fsp3) is 0.200. The summed E-state index contributed by atoms with van der Waals surface area (Å²) in [6.45, 7) is -0.123. The molecule has 0 unspecified atom stereocenters. The zero-order valence-corrected chi connectivity index (χ0v) is 10.3. The second-order valence-corrected chi connectivity index (χ2v) is 3.95. The number of halogens is 2. The van der Waals surface area contributed by atoms with Gasteiger partial charge in [0.2, 0.25) is 0 Å². The van der Waals surface area contributed by atoms with Gasteiger partial charge in [-0.1, -0.05) is 30.3 Å². The van der Waals surface area contributed by atoms with Crippen LogP contribution in [0.4, 0.5) is 8.78 Å². The third kappa shape index (κ3) is 4.58. The number of hydrogen-bond donors (Lipinski definition) is 0. The van der Waals surface area contributed by atoms with E-state index in [1.807, 2.05) is 30.3 Å². The molecule has 0 N–H and O–H groups in total. The van der Waals surface area contributed by atoms with Gasteiger partial charge in [-0.3, -0.25) is 0 Å². The minimum Gasteiger partial charge on any atom is -0.489 e. The van der Waals surface area contributed by atoms with Crippen LogP contribution >= 0.6 is 0 Å². The van der Waals surface area contributed by atoms with Gasteiger partial charge in [-0.25, -0.2) is 8.78 Å². The first-order valence-corrected chi connectivity index (χ1v) is 5.92. The molecule has 0 bridgehead atoms. The van der Waals surface area contributed by atoms with Crippen molar-refractivity contribution >= 4 is 0 Å². The molecule has 2 rings (SSSR count). The maximum Gasteiger partial charge on any atom is 0.272 e. The summed E-state index contributed by atoms with van der Waals surface area (Å²) in [5.41, 5.74) is 1.07. The third-order valence-corrected chi connectivity index (χ3v) is 2.45. The van der Waals surface area contributed by atoms with Gasteiger partial charge in [0.05, 0.1) is 0 Å². The van der Waals surface area contributed by atoms with E-state index in [-0.39, 0.29) is 0 Å². The van der Waals surface area contributed by atoms with Crippen molar-refractivity contribution in [2.75, 3.05) is 6.61 Å². The second kappa shape index (κ2) is 6.73. The van der Waals surface area contributed by atoms with E-state index in [4.69, 9.17) is 9.47 Å². The molecule has 0 radical (unpaired) electrons. The van der Waals surface area contributed by atoms with E-state index in [0.29, 0.717) is 18.1 Å². The molecule has 0 fully saturated rings. The summed E-state index contributed by atoms with van der Waals surface area (Å²) in [4.78, 5) is 0. The Hall–Kier alpha value is -2.10. The summed E-state index contributed by atoms with van der Waals surface area (Å²) in [7, 11) is 0. The van der Waals surface area contributed by atoms with E-state index in [1.54, 1.807) is 24.3 Å². The first-order chi connectivity index (χ1) is 9.24. The lowest BCUT2D eigenvalue weighted by molar-refractivity contribution is 0.0819. The number of rotatable bonds is 6. The van der Waals surface area contributed by atoms with E-state index in [2.05, 4.69) is 0 Å². The van der Waals surface area contributed by atoms with Gasteiger partial charge in [-0.05, 0) is 29.8 Å². The van der Waals surface area contributed by atoms with Crippen LogP contribution < -0.4 is 9.47 Å². The molecule has 4 heteroatoms. The van der Waals surface area contributed by atoms with E-state index in [0.717, 1.165) is 5.56 Å².